The van der Waals surface area contributed by atoms with Gasteiger partial charge in [0.05, 0.1) is 0 Å². The van der Waals surface area contributed by atoms with Crippen molar-refractivity contribution in [1.82, 2.24) is 40.2 Å². The van der Waals surface area contributed by atoms with E-state index >= 15 is 0 Å². The van der Waals surface area contributed by atoms with Crippen LogP contribution in [0.1, 0.15) is 0 Å². The van der Waals surface area contributed by atoms with Gasteiger partial charge in [0.15, 0.2) is 0 Å². The van der Waals surface area contributed by atoms with E-state index in [1.54, 1.807) is 0 Å². The molecule has 74 valence electrons. The van der Waals surface area contributed by atoms with Crippen molar-refractivity contribution in [2.45, 2.75) is 0 Å². The van der Waals surface area contributed by atoms with Crippen LogP contribution in [0.25, 0.3) is 17.2 Å². The second-order valence-electron chi connectivity index (χ2n) is 2.74. The molecule has 0 aliphatic carbocycles. The average Bonchev–Trinajstić information content (AvgIpc) is 2.87. The monoisotopic (exact) mass is 204 g/mol. The molecular weight excluding hydrogens is 200 g/mol. The predicted molar refractivity (Wildman–Crippen MR) is 46.8 cm³/mol. The van der Waals surface area contributed by atoms with Crippen LogP contribution < -0.4 is 5.56 Å². The molecule has 9 heteroatoms. The van der Waals surface area contributed by atoms with Crippen LogP contribution in [0, 0.1) is 0 Å². The summed E-state index contributed by atoms with van der Waals surface area (Å²) in [5.74, 6) is 0.503. The van der Waals surface area contributed by atoms with E-state index in [9.17, 15) is 4.79 Å². The molecule has 0 saturated heterocycles. The van der Waals surface area contributed by atoms with E-state index < -0.39 is 0 Å². The zero-order chi connectivity index (χ0) is 10.3. The molecule has 0 atom stereocenters. The lowest BCUT2D eigenvalue weighted by molar-refractivity contribution is 0.881. The van der Waals surface area contributed by atoms with E-state index in [4.69, 9.17) is 0 Å². The molecule has 3 heterocycles. The highest BCUT2D eigenvalue weighted by Crippen LogP contribution is 2.04. The molecule has 9 nitrogen and oxygen atoms in total. The molecule has 0 radical (unpaired) electrons. The maximum absolute atomic E-state index is 11.8. The van der Waals surface area contributed by atoms with Crippen LogP contribution in [0.4, 0.5) is 0 Å². The molecular formula is C6H4N8O. The third-order valence-electron chi connectivity index (χ3n) is 1.90. The number of hydrogen-bond acceptors (Lipinski definition) is 6. The van der Waals surface area contributed by atoms with Gasteiger partial charge in [0.25, 0.3) is 11.3 Å². The van der Waals surface area contributed by atoms with E-state index in [2.05, 4.69) is 35.7 Å². The minimum atomic E-state index is -0.320. The SMILES string of the molecule is O=c1c(-c2nn[nH]n2)cnc2nc[nH]n12. The largest absolute Gasteiger partial charge is 0.285 e. The van der Waals surface area contributed by atoms with Gasteiger partial charge in [-0.15, -0.1) is 10.2 Å². The maximum atomic E-state index is 11.8. The Morgan fingerprint density at radius 3 is 3.07 bits per heavy atom. The van der Waals surface area contributed by atoms with Crippen molar-refractivity contribution in [3.8, 4) is 11.4 Å². The molecule has 15 heavy (non-hydrogen) atoms. The van der Waals surface area contributed by atoms with Crippen LogP contribution in [0.5, 0.6) is 0 Å². The van der Waals surface area contributed by atoms with E-state index in [0.717, 1.165) is 0 Å². The molecule has 0 aliphatic rings. The van der Waals surface area contributed by atoms with Gasteiger partial charge in [-0.2, -0.15) is 9.73 Å². The number of rotatable bonds is 1. The Labute approximate surface area is 81.2 Å². The van der Waals surface area contributed by atoms with Crippen LogP contribution in [-0.2, 0) is 0 Å². The second-order valence-corrected chi connectivity index (χ2v) is 2.74. The number of H-pyrrole nitrogens is 2. The first kappa shape index (κ1) is 7.79. The molecule has 0 unspecified atom stereocenters. The van der Waals surface area contributed by atoms with Gasteiger partial charge in [-0.25, -0.2) is 9.97 Å². The Morgan fingerprint density at radius 1 is 1.33 bits per heavy atom. The molecule has 2 N–H and O–H groups in total. The van der Waals surface area contributed by atoms with Gasteiger partial charge in [0.1, 0.15) is 11.9 Å². The summed E-state index contributed by atoms with van der Waals surface area (Å²) >= 11 is 0. The molecule has 0 spiro atoms. The van der Waals surface area contributed by atoms with Crippen LogP contribution in [0.3, 0.4) is 0 Å². The fraction of sp³-hybridized carbons (Fsp3) is 0. The number of nitrogens with zero attached hydrogens (tertiary/aromatic N) is 6. The van der Waals surface area contributed by atoms with Gasteiger partial charge in [0, 0.05) is 6.20 Å². The van der Waals surface area contributed by atoms with E-state index in [-0.39, 0.29) is 16.9 Å². The summed E-state index contributed by atoms with van der Waals surface area (Å²) < 4.78 is 1.20. The molecule has 0 bridgehead atoms. The fourth-order valence-electron chi connectivity index (χ4n) is 1.23. The molecule has 3 aromatic rings. The Kier molecular flexibility index (Phi) is 1.40. The number of hydrogen-bond donors (Lipinski definition) is 2. The summed E-state index contributed by atoms with van der Waals surface area (Å²) in [5, 5.41) is 15.7. The molecule has 3 aromatic heterocycles. The first-order valence-corrected chi connectivity index (χ1v) is 4.01. The highest BCUT2D eigenvalue weighted by molar-refractivity contribution is 5.52. The Bertz CT molecular complexity index is 649. The molecule has 0 saturated carbocycles. The minimum absolute atomic E-state index is 0.205. The normalized spacial score (nSPS) is 10.9. The fourth-order valence-corrected chi connectivity index (χ4v) is 1.23. The highest BCUT2D eigenvalue weighted by Gasteiger charge is 2.11. The van der Waals surface area contributed by atoms with Crippen molar-refractivity contribution in [3.63, 3.8) is 0 Å². The van der Waals surface area contributed by atoms with E-state index in [1.807, 2.05) is 0 Å². The molecule has 0 amide bonds. The molecule has 0 fully saturated rings. The van der Waals surface area contributed by atoms with E-state index in [1.165, 1.54) is 17.0 Å². The Morgan fingerprint density at radius 2 is 2.27 bits per heavy atom. The lowest BCUT2D eigenvalue weighted by atomic mass is 10.3. The average molecular weight is 204 g/mol. The Hall–Kier alpha value is -2.58. The standard InChI is InChI=1S/C6H4N8O/c15-5-3(4-10-12-13-11-4)1-7-6-8-2-9-14(5)6/h1-2H,(H,7,8,9)(H,10,11,12,13). The first-order chi connectivity index (χ1) is 7.36. The highest BCUT2D eigenvalue weighted by atomic mass is 16.1. The smallest absolute Gasteiger partial charge is 0.278 e. The third kappa shape index (κ3) is 1.03. The summed E-state index contributed by atoms with van der Waals surface area (Å²) in [6.07, 6.45) is 2.74. The van der Waals surface area contributed by atoms with Gasteiger partial charge in [-0.05, 0) is 5.21 Å². The van der Waals surface area contributed by atoms with Crippen molar-refractivity contribution in [2.24, 2.45) is 0 Å². The number of tetrazole rings is 1. The lowest BCUT2D eigenvalue weighted by Crippen LogP contribution is -2.17. The van der Waals surface area contributed by atoms with Crippen molar-refractivity contribution in [2.75, 3.05) is 0 Å². The summed E-state index contributed by atoms with van der Waals surface area (Å²) in [6.45, 7) is 0. The number of nitrogens with one attached hydrogen (secondary N) is 2. The second kappa shape index (κ2) is 2.70. The summed E-state index contributed by atoms with van der Waals surface area (Å²) in [6, 6.07) is 0. The van der Waals surface area contributed by atoms with Crippen LogP contribution in [-0.4, -0.2) is 40.2 Å². The number of aromatic nitrogens is 8. The third-order valence-corrected chi connectivity index (χ3v) is 1.90. The topological polar surface area (TPSA) is 118 Å². The van der Waals surface area contributed by atoms with Crippen molar-refractivity contribution >= 4 is 5.78 Å². The van der Waals surface area contributed by atoms with Gasteiger partial charge >= 0.3 is 0 Å². The predicted octanol–water partition coefficient (Wildman–Crippen LogP) is -1.40. The first-order valence-electron chi connectivity index (χ1n) is 4.01. The molecule has 0 aliphatic heterocycles. The van der Waals surface area contributed by atoms with Crippen molar-refractivity contribution < 1.29 is 0 Å². The summed E-state index contributed by atoms with van der Waals surface area (Å²) in [7, 11) is 0. The lowest BCUT2D eigenvalue weighted by Gasteiger charge is -1.93. The number of fused-ring (bicyclic) bond motifs is 1. The van der Waals surface area contributed by atoms with Gasteiger partial charge < -0.3 is 0 Å². The van der Waals surface area contributed by atoms with E-state index in [0.29, 0.717) is 5.78 Å². The zero-order valence-corrected chi connectivity index (χ0v) is 7.25. The quantitative estimate of drug-likeness (QED) is 0.503. The van der Waals surface area contributed by atoms with Crippen LogP contribution in [0.15, 0.2) is 17.3 Å². The van der Waals surface area contributed by atoms with Gasteiger partial charge in [-0.1, -0.05) is 0 Å². The Balaban J connectivity index is 2.38. The number of aromatic amines is 2. The molecule has 0 aromatic carbocycles. The van der Waals surface area contributed by atoms with Gasteiger partial charge in [-0.3, -0.25) is 9.89 Å². The maximum Gasteiger partial charge on any atom is 0.285 e. The van der Waals surface area contributed by atoms with Gasteiger partial charge in [0.2, 0.25) is 5.82 Å². The minimum Gasteiger partial charge on any atom is -0.278 e. The van der Waals surface area contributed by atoms with Crippen LogP contribution >= 0.6 is 0 Å². The van der Waals surface area contributed by atoms with Crippen molar-refractivity contribution in [1.29, 1.82) is 0 Å². The van der Waals surface area contributed by atoms with Crippen LogP contribution in [0.2, 0.25) is 0 Å². The summed E-state index contributed by atoms with van der Waals surface area (Å²) in [4.78, 5) is 19.6. The summed E-state index contributed by atoms with van der Waals surface area (Å²) in [5.41, 5.74) is -0.0654. The van der Waals surface area contributed by atoms with Crippen molar-refractivity contribution in [3.05, 3.63) is 22.9 Å². The zero-order valence-electron chi connectivity index (χ0n) is 7.25. The molecule has 3 rings (SSSR count).